The number of piperidine rings is 1. The van der Waals surface area contributed by atoms with E-state index in [1.54, 1.807) is 7.11 Å². The third-order valence-corrected chi connectivity index (χ3v) is 4.60. The van der Waals surface area contributed by atoms with Gasteiger partial charge in [-0.3, -0.25) is 9.69 Å². The molecule has 1 N–H and O–H groups in total. The Morgan fingerprint density at radius 2 is 1.87 bits per heavy atom. The maximum absolute atomic E-state index is 12.2. The maximum Gasteiger partial charge on any atom is 0.223 e. The lowest BCUT2D eigenvalue weighted by atomic mass is 9.95. The number of carbonyl (C=O) groups excluding carboxylic acids is 1. The van der Waals surface area contributed by atoms with Gasteiger partial charge in [0.1, 0.15) is 0 Å². The molecule has 0 radical (unpaired) electrons. The minimum absolute atomic E-state index is 0.0857. The average molecular weight is 318 g/mol. The number of amides is 1. The fraction of sp³-hybridized carbons (Fsp3) is 0.632. The molecule has 1 aliphatic heterocycles. The summed E-state index contributed by atoms with van der Waals surface area (Å²) in [6.45, 7) is 7.70. The fourth-order valence-corrected chi connectivity index (χ4v) is 3.14. The van der Waals surface area contributed by atoms with Crippen LogP contribution in [0.2, 0.25) is 0 Å². The first-order valence-electron chi connectivity index (χ1n) is 8.71. The summed E-state index contributed by atoms with van der Waals surface area (Å²) < 4.78 is 5.07. The smallest absolute Gasteiger partial charge is 0.223 e. The van der Waals surface area contributed by atoms with E-state index in [1.807, 2.05) is 6.92 Å². The van der Waals surface area contributed by atoms with E-state index in [0.717, 1.165) is 38.9 Å². The molecule has 0 unspecified atom stereocenters. The second-order valence-electron chi connectivity index (χ2n) is 6.59. The fourth-order valence-electron chi connectivity index (χ4n) is 3.14. The molecule has 0 spiro atoms. The van der Waals surface area contributed by atoms with Crippen molar-refractivity contribution < 1.29 is 9.53 Å². The molecule has 0 aliphatic carbocycles. The van der Waals surface area contributed by atoms with E-state index < -0.39 is 0 Å². The topological polar surface area (TPSA) is 41.6 Å². The van der Waals surface area contributed by atoms with Crippen molar-refractivity contribution in [2.45, 2.75) is 45.7 Å². The van der Waals surface area contributed by atoms with Crippen LogP contribution < -0.4 is 5.32 Å². The Hall–Kier alpha value is -1.39. The summed E-state index contributed by atoms with van der Waals surface area (Å²) in [5.41, 5.74) is 2.74. The molecule has 1 amide bonds. The van der Waals surface area contributed by atoms with Crippen molar-refractivity contribution in [3.8, 4) is 0 Å². The molecule has 1 aromatic rings. The van der Waals surface area contributed by atoms with Crippen LogP contribution in [0.5, 0.6) is 0 Å². The van der Waals surface area contributed by atoms with Crippen LogP contribution in [0, 0.1) is 5.92 Å². The Balaban J connectivity index is 1.75. The standard InChI is InChI=1S/C19H30N2O2/c1-4-16-5-7-17(8-6-16)13-21-11-9-18(10-12-21)19(22)20-15(2)14-23-3/h5-8,15,18H,4,9-14H2,1-3H3,(H,20,22)/t15-/m0/s1. The second-order valence-corrected chi connectivity index (χ2v) is 6.59. The Morgan fingerprint density at radius 3 is 2.43 bits per heavy atom. The molecule has 4 nitrogen and oxygen atoms in total. The SMILES string of the molecule is CCc1ccc(CN2CCC(C(=O)N[C@@H](C)COC)CC2)cc1. The number of rotatable bonds is 7. The average Bonchev–Trinajstić information content (AvgIpc) is 2.56. The van der Waals surface area contributed by atoms with Gasteiger partial charge in [0.25, 0.3) is 0 Å². The number of hydrogen-bond acceptors (Lipinski definition) is 3. The molecule has 1 heterocycles. The van der Waals surface area contributed by atoms with Gasteiger partial charge in [0.15, 0.2) is 0 Å². The summed E-state index contributed by atoms with van der Waals surface area (Å²) in [6.07, 6.45) is 2.97. The van der Waals surface area contributed by atoms with Crippen LogP contribution in [-0.4, -0.2) is 43.7 Å². The minimum atomic E-state index is 0.0857. The zero-order valence-corrected chi connectivity index (χ0v) is 14.7. The Bertz CT molecular complexity index is 479. The van der Waals surface area contributed by atoms with Gasteiger partial charge in [0.05, 0.1) is 6.61 Å². The number of hydrogen-bond donors (Lipinski definition) is 1. The third kappa shape index (κ3) is 5.63. The number of aryl methyl sites for hydroxylation is 1. The molecule has 1 fully saturated rings. The summed E-state index contributed by atoms with van der Waals surface area (Å²) in [7, 11) is 1.66. The van der Waals surface area contributed by atoms with Crippen molar-refractivity contribution in [1.29, 1.82) is 0 Å². The molecule has 0 saturated carbocycles. The number of methoxy groups -OCH3 is 1. The van der Waals surface area contributed by atoms with E-state index >= 15 is 0 Å². The highest BCUT2D eigenvalue weighted by molar-refractivity contribution is 5.79. The monoisotopic (exact) mass is 318 g/mol. The van der Waals surface area contributed by atoms with Crippen LogP contribution in [0.4, 0.5) is 0 Å². The Labute approximate surface area is 140 Å². The zero-order valence-electron chi connectivity index (χ0n) is 14.7. The van der Waals surface area contributed by atoms with E-state index in [9.17, 15) is 4.79 Å². The summed E-state index contributed by atoms with van der Waals surface area (Å²) in [5.74, 6) is 0.328. The summed E-state index contributed by atoms with van der Waals surface area (Å²) >= 11 is 0. The highest BCUT2D eigenvalue weighted by Crippen LogP contribution is 2.19. The van der Waals surface area contributed by atoms with Crippen LogP contribution in [0.1, 0.15) is 37.8 Å². The molecule has 1 saturated heterocycles. The summed E-state index contributed by atoms with van der Waals surface area (Å²) in [4.78, 5) is 14.7. The third-order valence-electron chi connectivity index (χ3n) is 4.60. The van der Waals surface area contributed by atoms with Crippen molar-refractivity contribution in [2.75, 3.05) is 26.8 Å². The van der Waals surface area contributed by atoms with Crippen molar-refractivity contribution in [2.24, 2.45) is 5.92 Å². The van der Waals surface area contributed by atoms with E-state index in [1.165, 1.54) is 11.1 Å². The van der Waals surface area contributed by atoms with Gasteiger partial charge in [-0.05, 0) is 50.4 Å². The predicted octanol–water partition coefficient (Wildman–Crippen LogP) is 2.61. The van der Waals surface area contributed by atoms with Crippen molar-refractivity contribution in [3.05, 3.63) is 35.4 Å². The van der Waals surface area contributed by atoms with Crippen molar-refractivity contribution in [3.63, 3.8) is 0 Å². The van der Waals surface area contributed by atoms with E-state index in [2.05, 4.69) is 41.4 Å². The van der Waals surface area contributed by atoms with Crippen molar-refractivity contribution >= 4 is 5.91 Å². The maximum atomic E-state index is 12.2. The lowest BCUT2D eigenvalue weighted by Crippen LogP contribution is -2.44. The number of ether oxygens (including phenoxy) is 1. The molecule has 1 aliphatic rings. The molecule has 2 rings (SSSR count). The quantitative estimate of drug-likeness (QED) is 0.840. The first-order valence-corrected chi connectivity index (χ1v) is 8.71. The number of benzene rings is 1. The lowest BCUT2D eigenvalue weighted by molar-refractivity contribution is -0.127. The van der Waals surface area contributed by atoms with Gasteiger partial charge >= 0.3 is 0 Å². The molecule has 23 heavy (non-hydrogen) atoms. The van der Waals surface area contributed by atoms with Crippen LogP contribution in [0.15, 0.2) is 24.3 Å². The molecule has 128 valence electrons. The van der Waals surface area contributed by atoms with E-state index in [0.29, 0.717) is 6.61 Å². The number of carbonyl (C=O) groups is 1. The van der Waals surface area contributed by atoms with Crippen LogP contribution in [0.25, 0.3) is 0 Å². The molecule has 1 aromatic carbocycles. The van der Waals surface area contributed by atoms with E-state index in [-0.39, 0.29) is 17.9 Å². The molecular weight excluding hydrogens is 288 g/mol. The molecule has 0 bridgehead atoms. The van der Waals surface area contributed by atoms with Crippen LogP contribution in [0.3, 0.4) is 0 Å². The van der Waals surface area contributed by atoms with Crippen LogP contribution >= 0.6 is 0 Å². The minimum Gasteiger partial charge on any atom is -0.383 e. The second kappa shape index (κ2) is 9.04. The van der Waals surface area contributed by atoms with Crippen LogP contribution in [-0.2, 0) is 22.5 Å². The largest absolute Gasteiger partial charge is 0.383 e. The number of nitrogens with one attached hydrogen (secondary N) is 1. The summed E-state index contributed by atoms with van der Waals surface area (Å²) in [6, 6.07) is 8.97. The van der Waals surface area contributed by atoms with Crippen molar-refractivity contribution in [1.82, 2.24) is 10.2 Å². The lowest BCUT2D eigenvalue weighted by Gasteiger charge is -2.31. The van der Waals surface area contributed by atoms with Gasteiger partial charge in [-0.2, -0.15) is 0 Å². The molecular formula is C19H30N2O2. The predicted molar refractivity (Wildman–Crippen MR) is 93.3 cm³/mol. The molecule has 0 aromatic heterocycles. The van der Waals surface area contributed by atoms with Gasteiger partial charge in [-0.25, -0.2) is 0 Å². The van der Waals surface area contributed by atoms with Gasteiger partial charge in [-0.15, -0.1) is 0 Å². The first kappa shape index (κ1) is 18.0. The Morgan fingerprint density at radius 1 is 1.26 bits per heavy atom. The Kier molecular flexibility index (Phi) is 7.06. The van der Waals surface area contributed by atoms with Gasteiger partial charge in [0.2, 0.25) is 5.91 Å². The molecule has 4 heteroatoms. The van der Waals surface area contributed by atoms with Gasteiger partial charge in [0, 0.05) is 25.6 Å². The van der Waals surface area contributed by atoms with E-state index in [4.69, 9.17) is 4.74 Å². The summed E-state index contributed by atoms with van der Waals surface area (Å²) in [5, 5.41) is 3.05. The first-order chi connectivity index (χ1) is 11.1. The zero-order chi connectivity index (χ0) is 16.7. The molecule has 1 atom stereocenters. The highest BCUT2D eigenvalue weighted by Gasteiger charge is 2.25. The van der Waals surface area contributed by atoms with Gasteiger partial charge < -0.3 is 10.1 Å². The van der Waals surface area contributed by atoms with Gasteiger partial charge in [-0.1, -0.05) is 31.2 Å². The normalized spacial score (nSPS) is 17.9. The highest BCUT2D eigenvalue weighted by atomic mass is 16.5. The number of nitrogens with zero attached hydrogens (tertiary/aromatic N) is 1. The number of likely N-dealkylation sites (tertiary alicyclic amines) is 1.